The van der Waals surface area contributed by atoms with Crippen molar-refractivity contribution in [3.8, 4) is 11.1 Å². The van der Waals surface area contributed by atoms with Crippen LogP contribution in [0.2, 0.25) is 0 Å². The second-order valence-corrected chi connectivity index (χ2v) is 9.72. The minimum atomic E-state index is -0.201. The fourth-order valence-corrected chi connectivity index (χ4v) is 5.60. The van der Waals surface area contributed by atoms with Crippen LogP contribution in [0.3, 0.4) is 0 Å². The van der Waals surface area contributed by atoms with E-state index in [1.165, 1.54) is 5.56 Å². The molecule has 0 spiro atoms. The Morgan fingerprint density at radius 3 is 2.66 bits per heavy atom. The highest BCUT2D eigenvalue weighted by molar-refractivity contribution is 6.07. The Morgan fingerprint density at radius 2 is 1.89 bits per heavy atom. The van der Waals surface area contributed by atoms with Crippen molar-refractivity contribution in [3.63, 3.8) is 0 Å². The van der Waals surface area contributed by atoms with Gasteiger partial charge in [0, 0.05) is 38.4 Å². The molecule has 0 unspecified atom stereocenters. The lowest BCUT2D eigenvalue weighted by atomic mass is 9.90. The van der Waals surface area contributed by atoms with Gasteiger partial charge >= 0.3 is 0 Å². The molecule has 1 aromatic carbocycles. The maximum absolute atomic E-state index is 13.0. The number of pyridine rings is 2. The van der Waals surface area contributed by atoms with E-state index in [4.69, 9.17) is 0 Å². The lowest BCUT2D eigenvalue weighted by Gasteiger charge is -2.31. The maximum Gasteiger partial charge on any atom is 0.254 e. The highest BCUT2D eigenvalue weighted by Crippen LogP contribution is 2.42. The minimum absolute atomic E-state index is 0.0665. The van der Waals surface area contributed by atoms with E-state index >= 15 is 0 Å². The number of carbonyl (C=O) groups excluding carboxylic acids is 1. The number of aliphatic hydroxyl groups excluding tert-OH is 1. The summed E-state index contributed by atoms with van der Waals surface area (Å²) in [4.78, 5) is 26.6. The zero-order chi connectivity index (χ0) is 24.1. The van der Waals surface area contributed by atoms with Gasteiger partial charge in [0.05, 0.1) is 35.3 Å². The van der Waals surface area contributed by atoms with Gasteiger partial charge in [-0.15, -0.1) is 0 Å². The van der Waals surface area contributed by atoms with Crippen LogP contribution in [0.1, 0.15) is 47.3 Å². The molecular formula is C27H30N6O2. The number of aliphatic hydroxyl groups is 1. The lowest BCUT2D eigenvalue weighted by molar-refractivity contribution is 0.0959. The maximum atomic E-state index is 13.0. The van der Waals surface area contributed by atoms with E-state index in [0.717, 1.165) is 72.8 Å². The number of nitrogens with zero attached hydrogens (tertiary/aromatic N) is 4. The molecular weight excluding hydrogens is 440 g/mol. The first kappa shape index (κ1) is 21.9. The predicted octanol–water partition coefficient (Wildman–Crippen LogP) is 3.65. The highest BCUT2D eigenvalue weighted by Gasteiger charge is 2.33. The third-order valence-electron chi connectivity index (χ3n) is 7.48. The highest BCUT2D eigenvalue weighted by atomic mass is 16.3. The second kappa shape index (κ2) is 8.53. The molecule has 35 heavy (non-hydrogen) atoms. The Morgan fingerprint density at radius 1 is 1.06 bits per heavy atom. The largest absolute Gasteiger partial charge is 0.393 e. The SMILES string of the molecule is C[C@@H]1NC(=O)c2c(Nc3ccc(N4CCC(O)CC4)cn3)ccc(-c3ccnc4c3CCN4C)c21. The Kier molecular flexibility index (Phi) is 5.33. The van der Waals surface area contributed by atoms with E-state index in [0.29, 0.717) is 11.4 Å². The van der Waals surface area contributed by atoms with Gasteiger partial charge in [-0.2, -0.15) is 0 Å². The normalized spacial score (nSPS) is 19.5. The zero-order valence-electron chi connectivity index (χ0n) is 20.1. The van der Waals surface area contributed by atoms with Crippen molar-refractivity contribution >= 4 is 28.9 Å². The number of benzene rings is 1. The van der Waals surface area contributed by atoms with Gasteiger partial charge in [0.2, 0.25) is 0 Å². The number of fused-ring (bicyclic) bond motifs is 2. The van der Waals surface area contributed by atoms with Crippen molar-refractivity contribution < 1.29 is 9.90 Å². The number of likely N-dealkylation sites (N-methyl/N-ethyl adjacent to an activating group) is 1. The van der Waals surface area contributed by atoms with Gasteiger partial charge in [-0.05, 0) is 67.1 Å². The molecule has 3 aromatic rings. The summed E-state index contributed by atoms with van der Waals surface area (Å²) in [5.74, 6) is 1.65. The van der Waals surface area contributed by atoms with Crippen molar-refractivity contribution in [1.29, 1.82) is 0 Å². The Bertz CT molecular complexity index is 1280. The number of rotatable bonds is 4. The van der Waals surface area contributed by atoms with Crippen LogP contribution in [0.25, 0.3) is 11.1 Å². The number of carbonyl (C=O) groups is 1. The summed E-state index contributed by atoms with van der Waals surface area (Å²) in [5, 5.41) is 16.2. The Labute approximate surface area is 205 Å². The van der Waals surface area contributed by atoms with Gasteiger partial charge in [0.25, 0.3) is 5.91 Å². The van der Waals surface area contributed by atoms with Gasteiger partial charge in [0.15, 0.2) is 0 Å². The molecule has 3 aliphatic heterocycles. The topological polar surface area (TPSA) is 93.6 Å². The van der Waals surface area contributed by atoms with Crippen LogP contribution in [0.15, 0.2) is 42.7 Å². The molecule has 0 saturated carbocycles. The molecule has 1 amide bonds. The van der Waals surface area contributed by atoms with Gasteiger partial charge in [-0.25, -0.2) is 9.97 Å². The monoisotopic (exact) mass is 470 g/mol. The van der Waals surface area contributed by atoms with E-state index in [2.05, 4.69) is 49.6 Å². The summed E-state index contributed by atoms with van der Waals surface area (Å²) in [6.07, 6.45) is 6.02. The van der Waals surface area contributed by atoms with Crippen LogP contribution >= 0.6 is 0 Å². The zero-order valence-corrected chi connectivity index (χ0v) is 20.1. The van der Waals surface area contributed by atoms with Crippen molar-refractivity contribution in [2.45, 2.75) is 38.3 Å². The first-order chi connectivity index (χ1) is 17.0. The molecule has 180 valence electrons. The number of aromatic nitrogens is 2. The summed E-state index contributed by atoms with van der Waals surface area (Å²) in [5.41, 5.74) is 6.99. The van der Waals surface area contributed by atoms with E-state index in [1.807, 2.05) is 37.5 Å². The van der Waals surface area contributed by atoms with Crippen LogP contribution in [-0.2, 0) is 6.42 Å². The smallest absolute Gasteiger partial charge is 0.254 e. The quantitative estimate of drug-likeness (QED) is 0.536. The minimum Gasteiger partial charge on any atom is -0.393 e. The lowest BCUT2D eigenvalue weighted by Crippen LogP contribution is -2.35. The predicted molar refractivity (Wildman–Crippen MR) is 138 cm³/mol. The average Bonchev–Trinajstić information content (AvgIpc) is 3.40. The molecule has 1 saturated heterocycles. The first-order valence-electron chi connectivity index (χ1n) is 12.3. The number of amides is 1. The summed E-state index contributed by atoms with van der Waals surface area (Å²) in [7, 11) is 2.07. The molecule has 0 radical (unpaired) electrons. The molecule has 0 aliphatic carbocycles. The molecule has 8 heteroatoms. The van der Waals surface area contributed by atoms with Crippen molar-refractivity contribution in [3.05, 3.63) is 59.4 Å². The van der Waals surface area contributed by atoms with Crippen LogP contribution in [-0.4, -0.2) is 53.8 Å². The Hall–Kier alpha value is -3.65. The van der Waals surface area contributed by atoms with Crippen molar-refractivity contribution in [2.75, 3.05) is 41.8 Å². The summed E-state index contributed by atoms with van der Waals surface area (Å²) >= 11 is 0. The molecule has 1 atom stereocenters. The number of nitrogens with one attached hydrogen (secondary N) is 2. The van der Waals surface area contributed by atoms with E-state index in [-0.39, 0.29) is 18.1 Å². The third-order valence-corrected chi connectivity index (χ3v) is 7.48. The van der Waals surface area contributed by atoms with Crippen LogP contribution in [0.4, 0.5) is 23.0 Å². The number of hydrogen-bond donors (Lipinski definition) is 3. The molecule has 5 heterocycles. The van der Waals surface area contributed by atoms with Gasteiger partial charge < -0.3 is 25.5 Å². The number of piperidine rings is 1. The van der Waals surface area contributed by atoms with Crippen LogP contribution in [0, 0.1) is 0 Å². The summed E-state index contributed by atoms with van der Waals surface area (Å²) in [6.45, 7) is 4.65. The summed E-state index contributed by atoms with van der Waals surface area (Å²) < 4.78 is 0. The fraction of sp³-hybridized carbons (Fsp3) is 0.370. The molecule has 1 fully saturated rings. The Balaban J connectivity index is 1.33. The molecule has 3 aliphatic rings. The van der Waals surface area contributed by atoms with E-state index in [9.17, 15) is 9.90 Å². The second-order valence-electron chi connectivity index (χ2n) is 9.72. The summed E-state index contributed by atoms with van der Waals surface area (Å²) in [6, 6.07) is 10.1. The van der Waals surface area contributed by atoms with Crippen LogP contribution in [0.5, 0.6) is 0 Å². The fourth-order valence-electron chi connectivity index (χ4n) is 5.60. The van der Waals surface area contributed by atoms with Gasteiger partial charge in [-0.1, -0.05) is 6.07 Å². The average molecular weight is 471 g/mol. The number of anilines is 4. The molecule has 2 aromatic heterocycles. The van der Waals surface area contributed by atoms with Crippen molar-refractivity contribution in [1.82, 2.24) is 15.3 Å². The first-order valence-corrected chi connectivity index (χ1v) is 12.3. The molecule has 3 N–H and O–H groups in total. The van der Waals surface area contributed by atoms with Gasteiger partial charge in [-0.3, -0.25) is 4.79 Å². The number of hydrogen-bond acceptors (Lipinski definition) is 7. The molecule has 6 rings (SSSR count). The molecule has 0 bridgehead atoms. The molecule has 8 nitrogen and oxygen atoms in total. The van der Waals surface area contributed by atoms with E-state index < -0.39 is 0 Å². The van der Waals surface area contributed by atoms with Crippen LogP contribution < -0.4 is 20.4 Å². The third kappa shape index (κ3) is 3.78. The van der Waals surface area contributed by atoms with Gasteiger partial charge in [0.1, 0.15) is 11.6 Å². The van der Waals surface area contributed by atoms with Crippen molar-refractivity contribution in [2.24, 2.45) is 0 Å². The standard InChI is InChI=1S/C27H30N6O2/c1-16-24-20(19-7-11-28-26-21(19)10-12-32(26)2)4-5-22(25(24)27(35)30-16)31-23-6-3-17(15-29-23)33-13-8-18(34)9-14-33/h3-7,11,15-16,18,34H,8-10,12-14H2,1-2H3,(H,29,31)(H,30,35)/t16-/m0/s1. The van der Waals surface area contributed by atoms with E-state index in [1.54, 1.807) is 0 Å².